The minimum Gasteiger partial charge on any atom is -0.463 e. The van der Waals surface area contributed by atoms with Crippen molar-refractivity contribution in [1.29, 1.82) is 0 Å². The van der Waals surface area contributed by atoms with Gasteiger partial charge in [0, 0.05) is 0 Å². The van der Waals surface area contributed by atoms with Crippen LogP contribution < -0.4 is 0 Å². The molecule has 0 aromatic carbocycles. The lowest BCUT2D eigenvalue weighted by Gasteiger charge is -2.36. The van der Waals surface area contributed by atoms with Gasteiger partial charge in [-0.3, -0.25) is 0 Å². The predicted octanol–water partition coefficient (Wildman–Crippen LogP) is 2.96. The van der Waals surface area contributed by atoms with E-state index in [0.717, 1.165) is 12.8 Å². The van der Waals surface area contributed by atoms with Crippen molar-refractivity contribution in [3.05, 3.63) is 0 Å². The van der Waals surface area contributed by atoms with Crippen molar-refractivity contribution in [2.45, 2.75) is 66.1 Å². The predicted molar refractivity (Wildman–Crippen MR) is 83.3 cm³/mol. The second kappa shape index (κ2) is 9.13. The van der Waals surface area contributed by atoms with Gasteiger partial charge in [0.05, 0.1) is 12.7 Å². The van der Waals surface area contributed by atoms with Gasteiger partial charge < -0.3 is 14.2 Å². The molecule has 0 N–H and O–H groups in total. The lowest BCUT2D eigenvalue weighted by Crippen LogP contribution is -2.36. The number of carbonyl (C=O) groups excluding carboxylic acids is 2. The van der Waals surface area contributed by atoms with Crippen molar-refractivity contribution in [3.63, 3.8) is 0 Å². The molecule has 1 saturated carbocycles. The topological polar surface area (TPSA) is 61.8 Å². The molecule has 0 unspecified atom stereocenters. The molecule has 0 bridgehead atoms. The van der Waals surface area contributed by atoms with Crippen molar-refractivity contribution < 1.29 is 23.8 Å². The fourth-order valence-corrected chi connectivity index (χ4v) is 3.02. The van der Waals surface area contributed by atoms with Gasteiger partial charge in [0.1, 0.15) is 6.61 Å². The third-order valence-corrected chi connectivity index (χ3v) is 4.30. The second-order valence-electron chi connectivity index (χ2n) is 6.56. The lowest BCUT2D eigenvalue weighted by molar-refractivity contribution is -0.171. The molecule has 1 rings (SSSR count). The van der Waals surface area contributed by atoms with Gasteiger partial charge in [0.25, 0.3) is 0 Å². The minimum atomic E-state index is -0.887. The second-order valence-corrected chi connectivity index (χ2v) is 6.56. The Bertz CT molecular complexity index is 366. The molecule has 5 heteroatoms. The summed E-state index contributed by atoms with van der Waals surface area (Å²) in [5, 5.41) is 0. The monoisotopic (exact) mass is 314 g/mol. The van der Waals surface area contributed by atoms with Crippen LogP contribution in [0.3, 0.4) is 0 Å². The molecule has 5 nitrogen and oxygen atoms in total. The number of esters is 2. The fraction of sp³-hybridized carbons (Fsp3) is 0.882. The maximum Gasteiger partial charge on any atom is 0.347 e. The van der Waals surface area contributed by atoms with E-state index in [9.17, 15) is 9.59 Å². The van der Waals surface area contributed by atoms with E-state index in [1.807, 2.05) is 0 Å². The summed E-state index contributed by atoms with van der Waals surface area (Å²) < 4.78 is 15.6. The normalized spacial score (nSPS) is 26.5. The van der Waals surface area contributed by atoms with Crippen LogP contribution in [-0.2, 0) is 23.8 Å². The Morgan fingerprint density at radius 1 is 1.18 bits per heavy atom. The molecule has 1 fully saturated rings. The van der Waals surface area contributed by atoms with Crippen LogP contribution in [0.2, 0.25) is 0 Å². The van der Waals surface area contributed by atoms with Crippen LogP contribution in [0.1, 0.15) is 53.9 Å². The Kier molecular flexibility index (Phi) is 7.87. The number of ether oxygens (including phenoxy) is 3. The number of rotatable bonds is 7. The standard InChI is InChI=1S/C17H30O5/c1-6-20-17(19)13(5)22-16(18)10-21-15-9-12(4)7-8-14(15)11(2)3/h11-15H,6-10H2,1-5H3/t12-,13+,14+,15-/m1/s1. The summed E-state index contributed by atoms with van der Waals surface area (Å²) in [6, 6.07) is 0. The molecule has 0 aromatic rings. The Hall–Kier alpha value is -1.10. The van der Waals surface area contributed by atoms with Crippen molar-refractivity contribution in [1.82, 2.24) is 0 Å². The molecule has 0 amide bonds. The summed E-state index contributed by atoms with van der Waals surface area (Å²) in [6.45, 7) is 9.99. The molecule has 22 heavy (non-hydrogen) atoms. The maximum absolute atomic E-state index is 11.8. The van der Waals surface area contributed by atoms with E-state index in [2.05, 4.69) is 20.8 Å². The van der Waals surface area contributed by atoms with Gasteiger partial charge in [-0.15, -0.1) is 0 Å². The van der Waals surface area contributed by atoms with Gasteiger partial charge >= 0.3 is 11.9 Å². The lowest BCUT2D eigenvalue weighted by atomic mass is 9.75. The fourth-order valence-electron chi connectivity index (χ4n) is 3.02. The van der Waals surface area contributed by atoms with Crippen LogP contribution in [-0.4, -0.2) is 37.4 Å². The van der Waals surface area contributed by atoms with Crippen LogP contribution >= 0.6 is 0 Å². The van der Waals surface area contributed by atoms with Crippen molar-refractivity contribution in [3.8, 4) is 0 Å². The first-order valence-electron chi connectivity index (χ1n) is 8.32. The van der Waals surface area contributed by atoms with E-state index in [4.69, 9.17) is 14.2 Å². The van der Waals surface area contributed by atoms with E-state index in [1.54, 1.807) is 6.92 Å². The Morgan fingerprint density at radius 2 is 1.86 bits per heavy atom. The zero-order valence-corrected chi connectivity index (χ0v) is 14.5. The van der Waals surface area contributed by atoms with Crippen molar-refractivity contribution in [2.75, 3.05) is 13.2 Å². The Labute approximate surface area is 133 Å². The summed E-state index contributed by atoms with van der Waals surface area (Å²) in [7, 11) is 0. The average Bonchev–Trinajstić information content (AvgIpc) is 2.45. The molecule has 0 radical (unpaired) electrons. The van der Waals surface area contributed by atoms with E-state index in [-0.39, 0.29) is 19.3 Å². The third kappa shape index (κ3) is 5.95. The SMILES string of the molecule is CCOC(=O)[C@H](C)OC(=O)CO[C@@H]1C[C@H](C)CC[C@H]1C(C)C. The van der Waals surface area contributed by atoms with E-state index < -0.39 is 18.0 Å². The van der Waals surface area contributed by atoms with Crippen molar-refractivity contribution in [2.24, 2.45) is 17.8 Å². The summed E-state index contributed by atoms with van der Waals surface area (Å²) in [6.07, 6.45) is 2.53. The van der Waals surface area contributed by atoms with Gasteiger partial charge in [-0.1, -0.05) is 27.2 Å². The number of hydrogen-bond donors (Lipinski definition) is 0. The van der Waals surface area contributed by atoms with Gasteiger partial charge in [0.15, 0.2) is 6.10 Å². The molecule has 0 aromatic heterocycles. The molecule has 0 saturated heterocycles. The quantitative estimate of drug-likeness (QED) is 0.676. The first-order chi connectivity index (χ1) is 10.3. The molecule has 4 atom stereocenters. The van der Waals surface area contributed by atoms with E-state index in [0.29, 0.717) is 17.8 Å². The van der Waals surface area contributed by atoms with Gasteiger partial charge in [-0.2, -0.15) is 0 Å². The molecular formula is C17H30O5. The smallest absolute Gasteiger partial charge is 0.347 e. The van der Waals surface area contributed by atoms with Crippen LogP contribution in [0.25, 0.3) is 0 Å². The van der Waals surface area contributed by atoms with Gasteiger partial charge in [-0.05, 0) is 44.4 Å². The van der Waals surface area contributed by atoms with Crippen LogP contribution in [0.5, 0.6) is 0 Å². The zero-order valence-electron chi connectivity index (χ0n) is 14.5. The summed E-state index contributed by atoms with van der Waals surface area (Å²) in [4.78, 5) is 23.2. The van der Waals surface area contributed by atoms with Gasteiger partial charge in [0.2, 0.25) is 0 Å². The van der Waals surface area contributed by atoms with Crippen LogP contribution in [0, 0.1) is 17.8 Å². The number of hydrogen-bond acceptors (Lipinski definition) is 5. The highest BCUT2D eigenvalue weighted by atomic mass is 16.6. The largest absolute Gasteiger partial charge is 0.463 e. The first-order valence-corrected chi connectivity index (χ1v) is 8.32. The molecule has 0 aliphatic heterocycles. The summed E-state index contributed by atoms with van der Waals surface area (Å²) in [5.41, 5.74) is 0. The van der Waals surface area contributed by atoms with Crippen LogP contribution in [0.4, 0.5) is 0 Å². The highest BCUT2D eigenvalue weighted by Crippen LogP contribution is 2.35. The summed E-state index contributed by atoms with van der Waals surface area (Å²) >= 11 is 0. The molecule has 1 aliphatic rings. The van der Waals surface area contributed by atoms with E-state index >= 15 is 0 Å². The maximum atomic E-state index is 11.8. The Morgan fingerprint density at radius 3 is 2.45 bits per heavy atom. The van der Waals surface area contributed by atoms with Crippen molar-refractivity contribution >= 4 is 11.9 Å². The molecule has 0 spiro atoms. The van der Waals surface area contributed by atoms with Gasteiger partial charge in [-0.25, -0.2) is 9.59 Å². The average molecular weight is 314 g/mol. The first kappa shape index (κ1) is 18.9. The summed E-state index contributed by atoms with van der Waals surface area (Å²) in [5.74, 6) is 0.594. The number of carbonyl (C=O) groups is 2. The van der Waals surface area contributed by atoms with E-state index in [1.165, 1.54) is 13.3 Å². The molecule has 128 valence electrons. The highest BCUT2D eigenvalue weighted by molar-refractivity contribution is 5.79. The zero-order chi connectivity index (χ0) is 16.7. The molecule has 1 aliphatic carbocycles. The minimum absolute atomic E-state index is 0.0919. The molecular weight excluding hydrogens is 284 g/mol. The Balaban J connectivity index is 2.42. The molecule has 0 heterocycles. The third-order valence-electron chi connectivity index (χ3n) is 4.30. The van der Waals surface area contributed by atoms with Crippen LogP contribution in [0.15, 0.2) is 0 Å². The highest BCUT2D eigenvalue weighted by Gasteiger charge is 2.32.